The number of nitrogens with zero attached hydrogens (tertiary/aromatic N) is 4. The van der Waals surface area contributed by atoms with Gasteiger partial charge in [0.15, 0.2) is 0 Å². The first-order chi connectivity index (χ1) is 19.6. The van der Waals surface area contributed by atoms with Crippen LogP contribution in [-0.2, 0) is 11.0 Å². The van der Waals surface area contributed by atoms with Crippen molar-refractivity contribution in [1.82, 2.24) is 25.3 Å². The summed E-state index contributed by atoms with van der Waals surface area (Å²) < 4.78 is 58.9. The van der Waals surface area contributed by atoms with Crippen molar-refractivity contribution in [3.8, 4) is 16.9 Å². The average molecular weight is 569 g/mol. The molecule has 0 unspecified atom stereocenters. The molecule has 1 aliphatic carbocycles. The Morgan fingerprint density at radius 3 is 2.29 bits per heavy atom. The number of hydrogen-bond acceptors (Lipinski definition) is 7. The van der Waals surface area contributed by atoms with Crippen LogP contribution in [0.3, 0.4) is 0 Å². The smallest absolute Gasteiger partial charge is 0.451 e. The second-order valence-electron chi connectivity index (χ2n) is 10.1. The minimum absolute atomic E-state index is 0.0545. The summed E-state index contributed by atoms with van der Waals surface area (Å²) in [4.78, 5) is 27.2. The zero-order chi connectivity index (χ0) is 29.1. The minimum Gasteiger partial charge on any atom is -0.488 e. The number of nitrogens with one attached hydrogen (secondary N) is 2. The average Bonchev–Trinajstić information content (AvgIpc) is 2.94. The van der Waals surface area contributed by atoms with Gasteiger partial charge >= 0.3 is 6.18 Å². The zero-order valence-electron chi connectivity index (χ0n) is 22.4. The van der Waals surface area contributed by atoms with E-state index >= 15 is 0 Å². The maximum Gasteiger partial charge on any atom is 0.451 e. The standard InChI is InChI=1S/C29H28F4N6O2/c1-16(20-13-34-28(35-14-20)29(31,32)33)38-27-24-11-19(18-3-5-21(30)6-4-18)12-25(26(24)36-15-37-27)41-23-9-7-22(8-10-23)39-17(2)40/h3-6,11-16,22-23H,7-10H2,1-2H3,(H,39,40)(H,36,37,38)/t16-,22-,23+/m1/s1. The number of amides is 1. The molecule has 1 atom stereocenters. The van der Waals surface area contributed by atoms with E-state index in [9.17, 15) is 22.4 Å². The quantitative estimate of drug-likeness (QED) is 0.254. The van der Waals surface area contributed by atoms with Crippen molar-refractivity contribution in [3.05, 3.63) is 72.3 Å². The number of benzene rings is 2. The molecule has 1 fully saturated rings. The van der Waals surface area contributed by atoms with Crippen LogP contribution in [0.25, 0.3) is 22.0 Å². The van der Waals surface area contributed by atoms with Gasteiger partial charge < -0.3 is 15.4 Å². The van der Waals surface area contributed by atoms with Crippen molar-refractivity contribution in [2.24, 2.45) is 0 Å². The molecule has 1 saturated carbocycles. The predicted molar refractivity (Wildman–Crippen MR) is 144 cm³/mol. The Balaban J connectivity index is 1.47. The summed E-state index contributed by atoms with van der Waals surface area (Å²) in [5.41, 5.74) is 2.49. The molecular formula is C29H28F4N6O2. The van der Waals surface area contributed by atoms with Crippen molar-refractivity contribution in [3.63, 3.8) is 0 Å². The third kappa shape index (κ3) is 6.69. The summed E-state index contributed by atoms with van der Waals surface area (Å²) >= 11 is 0. The van der Waals surface area contributed by atoms with Gasteiger partial charge in [0, 0.05) is 36.3 Å². The first-order valence-corrected chi connectivity index (χ1v) is 13.2. The Morgan fingerprint density at radius 2 is 1.66 bits per heavy atom. The van der Waals surface area contributed by atoms with E-state index in [-0.39, 0.29) is 23.9 Å². The number of carbonyl (C=O) groups excluding carboxylic acids is 1. The highest BCUT2D eigenvalue weighted by Crippen LogP contribution is 2.37. The molecule has 214 valence electrons. The summed E-state index contributed by atoms with van der Waals surface area (Å²) in [6, 6.07) is 9.42. The predicted octanol–water partition coefficient (Wildman–Crippen LogP) is 6.24. The van der Waals surface area contributed by atoms with Gasteiger partial charge in [-0.2, -0.15) is 13.2 Å². The van der Waals surface area contributed by atoms with Gasteiger partial charge in [0.25, 0.3) is 0 Å². The van der Waals surface area contributed by atoms with Crippen LogP contribution in [0.2, 0.25) is 0 Å². The summed E-state index contributed by atoms with van der Waals surface area (Å²) in [6.45, 7) is 3.26. The highest BCUT2D eigenvalue weighted by atomic mass is 19.4. The van der Waals surface area contributed by atoms with E-state index in [1.54, 1.807) is 19.1 Å². The highest BCUT2D eigenvalue weighted by molar-refractivity contribution is 5.96. The Bertz CT molecular complexity index is 1520. The number of fused-ring (bicyclic) bond motifs is 1. The molecule has 5 rings (SSSR count). The van der Waals surface area contributed by atoms with E-state index in [1.165, 1.54) is 25.4 Å². The number of carbonyl (C=O) groups is 1. The van der Waals surface area contributed by atoms with E-state index in [2.05, 4.69) is 30.6 Å². The number of alkyl halides is 3. The zero-order valence-corrected chi connectivity index (χ0v) is 22.4. The number of aromatic nitrogens is 4. The van der Waals surface area contributed by atoms with Crippen molar-refractivity contribution >= 4 is 22.6 Å². The summed E-state index contributed by atoms with van der Waals surface area (Å²) in [6.07, 6.45) is 1.99. The fraction of sp³-hybridized carbons (Fsp3) is 0.345. The fourth-order valence-electron chi connectivity index (χ4n) is 4.94. The van der Waals surface area contributed by atoms with Gasteiger partial charge in [-0.3, -0.25) is 4.79 Å². The summed E-state index contributed by atoms with van der Waals surface area (Å²) in [5.74, 6) is -0.662. The highest BCUT2D eigenvalue weighted by Gasteiger charge is 2.34. The number of rotatable bonds is 7. The van der Waals surface area contributed by atoms with E-state index < -0.39 is 18.0 Å². The number of anilines is 1. The molecule has 2 N–H and O–H groups in total. The summed E-state index contributed by atoms with van der Waals surface area (Å²) in [5, 5.41) is 6.82. The lowest BCUT2D eigenvalue weighted by molar-refractivity contribution is -0.145. The first-order valence-electron chi connectivity index (χ1n) is 13.2. The maximum atomic E-state index is 13.7. The van der Waals surface area contributed by atoms with Crippen molar-refractivity contribution in [1.29, 1.82) is 0 Å². The molecule has 0 saturated heterocycles. The van der Waals surface area contributed by atoms with Crippen LogP contribution in [0.4, 0.5) is 23.4 Å². The molecule has 41 heavy (non-hydrogen) atoms. The van der Waals surface area contributed by atoms with E-state index in [1.807, 2.05) is 12.1 Å². The first kappa shape index (κ1) is 28.2. The molecule has 1 aliphatic rings. The molecule has 0 aliphatic heterocycles. The molecule has 8 nitrogen and oxygen atoms in total. The SMILES string of the molecule is CC(=O)N[C@H]1CC[C@@H](Oc2cc(-c3ccc(F)cc3)cc3c(N[C@H](C)c4cnc(C(F)(F)F)nc4)ncnc23)CC1. The van der Waals surface area contributed by atoms with E-state index in [0.29, 0.717) is 28.0 Å². The minimum atomic E-state index is -4.63. The number of halogens is 4. The summed E-state index contributed by atoms with van der Waals surface area (Å²) in [7, 11) is 0. The lowest BCUT2D eigenvalue weighted by Crippen LogP contribution is -2.38. The lowest BCUT2D eigenvalue weighted by atomic mass is 9.93. The van der Waals surface area contributed by atoms with Crippen LogP contribution in [0.5, 0.6) is 5.75 Å². The van der Waals surface area contributed by atoms with Crippen LogP contribution >= 0.6 is 0 Å². The molecule has 12 heteroatoms. The molecule has 0 spiro atoms. The van der Waals surface area contributed by atoms with Gasteiger partial charge in [-0.1, -0.05) is 12.1 Å². The third-order valence-corrected chi connectivity index (χ3v) is 7.04. The van der Waals surface area contributed by atoms with Gasteiger partial charge in [-0.15, -0.1) is 0 Å². The molecule has 2 aromatic carbocycles. The van der Waals surface area contributed by atoms with Crippen molar-refractivity contribution in [2.45, 2.75) is 63.9 Å². The van der Waals surface area contributed by atoms with E-state index in [0.717, 1.165) is 49.2 Å². The normalized spacial score (nSPS) is 18.1. The van der Waals surface area contributed by atoms with Crippen LogP contribution in [0, 0.1) is 5.82 Å². The largest absolute Gasteiger partial charge is 0.488 e. The Hall–Kier alpha value is -4.35. The molecule has 1 amide bonds. The number of ether oxygens (including phenoxy) is 1. The molecule has 2 heterocycles. The second-order valence-corrected chi connectivity index (χ2v) is 10.1. The van der Waals surface area contributed by atoms with Crippen molar-refractivity contribution in [2.75, 3.05) is 5.32 Å². The molecule has 0 bridgehead atoms. The Kier molecular flexibility index (Phi) is 8.00. The second kappa shape index (κ2) is 11.6. The molecular weight excluding hydrogens is 540 g/mol. The van der Waals surface area contributed by atoms with Gasteiger partial charge in [0.05, 0.1) is 12.1 Å². The van der Waals surface area contributed by atoms with Gasteiger partial charge in [0.1, 0.15) is 29.2 Å². The maximum absolute atomic E-state index is 13.7. The van der Waals surface area contributed by atoms with Crippen LogP contribution in [0.1, 0.15) is 57.0 Å². The molecule has 2 aromatic heterocycles. The monoisotopic (exact) mass is 568 g/mol. The van der Waals surface area contributed by atoms with Crippen molar-refractivity contribution < 1.29 is 27.1 Å². The topological polar surface area (TPSA) is 102 Å². The van der Waals surface area contributed by atoms with Gasteiger partial charge in [0.2, 0.25) is 11.7 Å². The van der Waals surface area contributed by atoms with Gasteiger partial charge in [-0.25, -0.2) is 24.3 Å². The Morgan fingerprint density at radius 1 is 0.976 bits per heavy atom. The van der Waals surface area contributed by atoms with Crippen LogP contribution < -0.4 is 15.4 Å². The molecule has 4 aromatic rings. The third-order valence-electron chi connectivity index (χ3n) is 7.04. The van der Waals surface area contributed by atoms with Crippen LogP contribution in [0.15, 0.2) is 55.1 Å². The number of hydrogen-bond donors (Lipinski definition) is 2. The van der Waals surface area contributed by atoms with E-state index in [4.69, 9.17) is 4.74 Å². The Labute approximate surface area is 233 Å². The van der Waals surface area contributed by atoms with Gasteiger partial charge in [-0.05, 0) is 68.0 Å². The fourth-order valence-corrected chi connectivity index (χ4v) is 4.94. The lowest BCUT2D eigenvalue weighted by Gasteiger charge is -2.29. The molecule has 0 radical (unpaired) electrons. The van der Waals surface area contributed by atoms with Crippen LogP contribution in [-0.4, -0.2) is 38.0 Å².